The molecule has 4 rings (SSSR count). The topological polar surface area (TPSA) is 79.0 Å². The summed E-state index contributed by atoms with van der Waals surface area (Å²) in [7, 11) is -3.54. The highest BCUT2D eigenvalue weighted by Crippen LogP contribution is 2.36. The molecule has 2 saturated heterocycles. The van der Waals surface area contributed by atoms with E-state index in [0.29, 0.717) is 39.1 Å². The SMILES string of the molecule is O=C(Nc1ccccc1)N1CCOC12CCN(S(=O)(=O)c1ccccc1)CC2. The predicted octanol–water partition coefficient (Wildman–Crippen LogP) is 2.73. The van der Waals surface area contributed by atoms with Crippen LogP contribution in [0.15, 0.2) is 65.6 Å². The highest BCUT2D eigenvalue weighted by molar-refractivity contribution is 7.89. The van der Waals surface area contributed by atoms with E-state index in [9.17, 15) is 13.2 Å². The van der Waals surface area contributed by atoms with Crippen LogP contribution in [-0.2, 0) is 14.8 Å². The van der Waals surface area contributed by atoms with Crippen LogP contribution in [0.2, 0.25) is 0 Å². The normalized spacial score (nSPS) is 19.6. The number of benzene rings is 2. The molecule has 2 fully saturated rings. The lowest BCUT2D eigenvalue weighted by Crippen LogP contribution is -2.56. The minimum atomic E-state index is -3.54. The first kappa shape index (κ1) is 18.9. The van der Waals surface area contributed by atoms with Crippen LogP contribution in [0.4, 0.5) is 10.5 Å². The average Bonchev–Trinajstić information content (AvgIpc) is 3.13. The van der Waals surface area contributed by atoms with Crippen molar-refractivity contribution >= 4 is 21.7 Å². The Morgan fingerprint density at radius 1 is 0.929 bits per heavy atom. The van der Waals surface area contributed by atoms with E-state index >= 15 is 0 Å². The second kappa shape index (κ2) is 7.54. The number of piperidine rings is 1. The highest BCUT2D eigenvalue weighted by Gasteiger charge is 2.48. The maximum atomic E-state index is 12.8. The predicted molar refractivity (Wildman–Crippen MR) is 105 cm³/mol. The van der Waals surface area contributed by atoms with Gasteiger partial charge in [0.05, 0.1) is 11.5 Å². The zero-order chi connectivity index (χ0) is 19.6. The van der Waals surface area contributed by atoms with Crippen LogP contribution in [0, 0.1) is 0 Å². The maximum Gasteiger partial charge on any atom is 0.324 e. The summed E-state index contributed by atoms with van der Waals surface area (Å²) in [5.41, 5.74) is -0.0275. The Labute approximate surface area is 165 Å². The minimum Gasteiger partial charge on any atom is -0.354 e. The molecule has 8 heteroatoms. The van der Waals surface area contributed by atoms with E-state index in [1.165, 1.54) is 4.31 Å². The molecule has 28 heavy (non-hydrogen) atoms. The third-order valence-electron chi connectivity index (χ3n) is 5.33. The Balaban J connectivity index is 1.46. The van der Waals surface area contributed by atoms with Crippen molar-refractivity contribution in [3.05, 3.63) is 60.7 Å². The third-order valence-corrected chi connectivity index (χ3v) is 7.25. The molecule has 2 heterocycles. The van der Waals surface area contributed by atoms with Gasteiger partial charge >= 0.3 is 6.03 Å². The quantitative estimate of drug-likeness (QED) is 0.858. The molecule has 1 spiro atoms. The summed E-state index contributed by atoms with van der Waals surface area (Å²) in [6.45, 7) is 1.57. The Morgan fingerprint density at radius 3 is 2.18 bits per heavy atom. The van der Waals surface area contributed by atoms with Gasteiger partial charge in [-0.15, -0.1) is 0 Å². The molecule has 0 aliphatic carbocycles. The summed E-state index contributed by atoms with van der Waals surface area (Å²) in [5.74, 6) is 0. The molecule has 0 saturated carbocycles. The van der Waals surface area contributed by atoms with Crippen LogP contribution >= 0.6 is 0 Å². The Morgan fingerprint density at radius 2 is 1.54 bits per heavy atom. The number of ether oxygens (including phenoxy) is 1. The lowest BCUT2D eigenvalue weighted by Gasteiger charge is -2.42. The molecule has 7 nitrogen and oxygen atoms in total. The number of carbonyl (C=O) groups is 1. The summed E-state index contributed by atoms with van der Waals surface area (Å²) in [6.07, 6.45) is 0.891. The van der Waals surface area contributed by atoms with Crippen molar-refractivity contribution in [2.45, 2.75) is 23.5 Å². The number of sulfonamides is 1. The van der Waals surface area contributed by atoms with E-state index < -0.39 is 15.7 Å². The average molecular weight is 401 g/mol. The lowest BCUT2D eigenvalue weighted by atomic mass is 10.0. The molecule has 2 aliphatic rings. The monoisotopic (exact) mass is 401 g/mol. The van der Waals surface area contributed by atoms with E-state index in [1.807, 2.05) is 30.3 Å². The number of amides is 2. The molecule has 0 radical (unpaired) electrons. The van der Waals surface area contributed by atoms with Gasteiger partial charge in [-0.3, -0.25) is 4.90 Å². The van der Waals surface area contributed by atoms with Gasteiger partial charge in [0.15, 0.2) is 0 Å². The highest BCUT2D eigenvalue weighted by atomic mass is 32.2. The van der Waals surface area contributed by atoms with Crippen LogP contribution in [0.3, 0.4) is 0 Å². The third kappa shape index (κ3) is 3.50. The fourth-order valence-electron chi connectivity index (χ4n) is 3.84. The van der Waals surface area contributed by atoms with E-state index in [0.717, 1.165) is 5.69 Å². The fourth-order valence-corrected chi connectivity index (χ4v) is 5.30. The minimum absolute atomic E-state index is 0.219. The number of nitrogens with one attached hydrogen (secondary N) is 1. The molecule has 1 N–H and O–H groups in total. The Bertz CT molecular complexity index is 926. The van der Waals surface area contributed by atoms with Crippen molar-refractivity contribution in [3.8, 4) is 0 Å². The van der Waals surface area contributed by atoms with Crippen LogP contribution < -0.4 is 5.32 Å². The zero-order valence-corrected chi connectivity index (χ0v) is 16.3. The maximum absolute atomic E-state index is 12.8. The number of urea groups is 1. The number of hydrogen-bond donors (Lipinski definition) is 1. The van der Waals surface area contributed by atoms with E-state index in [2.05, 4.69) is 5.32 Å². The van der Waals surface area contributed by atoms with Gasteiger partial charge in [-0.25, -0.2) is 13.2 Å². The fraction of sp³-hybridized carbons (Fsp3) is 0.350. The number of carbonyl (C=O) groups excluding carboxylic acids is 1. The summed E-state index contributed by atoms with van der Waals surface area (Å²) in [6, 6.07) is 17.5. The van der Waals surface area contributed by atoms with Crippen molar-refractivity contribution in [2.24, 2.45) is 0 Å². The van der Waals surface area contributed by atoms with Gasteiger partial charge in [-0.05, 0) is 24.3 Å². The van der Waals surface area contributed by atoms with Crippen molar-refractivity contribution in [1.82, 2.24) is 9.21 Å². The summed E-state index contributed by atoms with van der Waals surface area (Å²) in [4.78, 5) is 14.8. The van der Waals surface area contributed by atoms with Crippen molar-refractivity contribution < 1.29 is 17.9 Å². The second-order valence-electron chi connectivity index (χ2n) is 6.96. The number of rotatable bonds is 3. The first-order chi connectivity index (χ1) is 13.5. The summed E-state index contributed by atoms with van der Waals surface area (Å²) < 4.78 is 33.1. The smallest absolute Gasteiger partial charge is 0.324 e. The Hall–Kier alpha value is -2.42. The van der Waals surface area contributed by atoms with Crippen LogP contribution in [-0.4, -0.2) is 55.6 Å². The van der Waals surface area contributed by atoms with Crippen LogP contribution in [0.25, 0.3) is 0 Å². The molecule has 2 aliphatic heterocycles. The first-order valence-corrected chi connectivity index (χ1v) is 10.8. The molecule has 2 aromatic rings. The second-order valence-corrected chi connectivity index (χ2v) is 8.90. The van der Waals surface area contributed by atoms with Gasteiger partial charge in [-0.2, -0.15) is 4.31 Å². The van der Waals surface area contributed by atoms with Crippen LogP contribution in [0.5, 0.6) is 0 Å². The molecule has 0 atom stereocenters. The lowest BCUT2D eigenvalue weighted by molar-refractivity contribution is -0.0913. The van der Waals surface area contributed by atoms with Gasteiger partial charge in [0.2, 0.25) is 10.0 Å². The molecular formula is C20H23N3O4S. The van der Waals surface area contributed by atoms with Gasteiger partial charge in [0, 0.05) is 38.2 Å². The zero-order valence-electron chi connectivity index (χ0n) is 15.5. The number of nitrogens with zero attached hydrogens (tertiary/aromatic N) is 2. The molecule has 2 aromatic carbocycles. The largest absolute Gasteiger partial charge is 0.354 e. The molecular weight excluding hydrogens is 378 g/mol. The molecule has 148 valence electrons. The standard InChI is InChI=1S/C20H23N3O4S/c24-19(21-17-7-3-1-4-8-17)23-15-16-27-20(23)11-13-22(14-12-20)28(25,26)18-9-5-2-6-10-18/h1-10H,11-16H2,(H,21,24). The van der Waals surface area contributed by atoms with Crippen LogP contribution in [0.1, 0.15) is 12.8 Å². The van der Waals surface area contributed by atoms with Crippen molar-refractivity contribution in [3.63, 3.8) is 0 Å². The van der Waals surface area contributed by atoms with Crippen molar-refractivity contribution in [1.29, 1.82) is 0 Å². The van der Waals surface area contributed by atoms with Gasteiger partial charge in [0.1, 0.15) is 5.72 Å². The molecule has 0 unspecified atom stereocenters. The van der Waals surface area contributed by atoms with Gasteiger partial charge in [-0.1, -0.05) is 36.4 Å². The van der Waals surface area contributed by atoms with Gasteiger partial charge < -0.3 is 10.1 Å². The summed E-state index contributed by atoms with van der Waals surface area (Å²) >= 11 is 0. The van der Waals surface area contributed by atoms with E-state index in [1.54, 1.807) is 35.2 Å². The molecule has 0 bridgehead atoms. The Kier molecular flexibility index (Phi) is 5.09. The number of para-hydroxylation sites is 1. The molecule has 2 amide bonds. The first-order valence-electron chi connectivity index (χ1n) is 9.34. The van der Waals surface area contributed by atoms with Crippen molar-refractivity contribution in [2.75, 3.05) is 31.6 Å². The number of hydrogen-bond acceptors (Lipinski definition) is 4. The molecule has 0 aromatic heterocycles. The summed E-state index contributed by atoms with van der Waals surface area (Å²) in [5, 5.41) is 2.90. The van der Waals surface area contributed by atoms with E-state index in [-0.39, 0.29) is 10.9 Å². The van der Waals surface area contributed by atoms with E-state index in [4.69, 9.17) is 4.74 Å². The van der Waals surface area contributed by atoms with Gasteiger partial charge in [0.25, 0.3) is 0 Å². The number of anilines is 1.